The molecule has 0 saturated carbocycles. The van der Waals surface area contributed by atoms with Crippen LogP contribution in [0.5, 0.6) is 0 Å². The number of esters is 1. The fourth-order valence-electron chi connectivity index (χ4n) is 4.88. The van der Waals surface area contributed by atoms with E-state index in [1.807, 2.05) is 66.7 Å². The number of carbonyl (C=O) groups excluding carboxylic acids is 4. The molecule has 12 nitrogen and oxygen atoms in total. The molecule has 4 heterocycles. The minimum Gasteiger partial charge on any atom is -0.448 e. The van der Waals surface area contributed by atoms with E-state index in [9.17, 15) is 19.2 Å². The van der Waals surface area contributed by atoms with Crippen LogP contribution in [0.4, 0.5) is 5.13 Å². The van der Waals surface area contributed by atoms with Gasteiger partial charge >= 0.3 is 11.9 Å². The van der Waals surface area contributed by atoms with Crippen LogP contribution in [0, 0.1) is 0 Å². The fraction of sp³-hybridized carbons (Fsp3) is 0.156. The molecule has 15 heteroatoms. The summed E-state index contributed by atoms with van der Waals surface area (Å²) in [7, 11) is 0. The zero-order chi connectivity index (χ0) is 32.9. The second-order valence-corrected chi connectivity index (χ2v) is 13.3. The van der Waals surface area contributed by atoms with Crippen molar-refractivity contribution in [3.8, 4) is 0 Å². The number of anilines is 1. The number of nitrogens with one attached hydrogen (secondary N) is 1. The van der Waals surface area contributed by atoms with Gasteiger partial charge in [-0.3, -0.25) is 19.5 Å². The topological polar surface area (TPSA) is 166 Å². The number of fused-ring (bicyclic) bond motifs is 1. The number of aromatic nitrogens is 2. The molecule has 238 valence electrons. The van der Waals surface area contributed by atoms with Crippen molar-refractivity contribution in [2.45, 2.75) is 29.3 Å². The standard InChI is InChI=1S/C32H26N6O6S3/c1-18(39)44-37-24(22-16-46-32(33)35-22)28(40)36-25-29(41)38-26(23(17-45-30(25)38)47-21-13-8-14-34-15-21)31(42)43-27(19-9-4-2-5-10-19)20-11-6-3-7-12-20/h2-16,25,27,30H,17H2,1H3,(H2,33,35)(H,36,40)/b37-24-/t25-,30+/m1/s1. The Morgan fingerprint density at radius 3 is 2.36 bits per heavy atom. The Morgan fingerprint density at radius 2 is 1.77 bits per heavy atom. The Balaban J connectivity index is 1.30. The van der Waals surface area contributed by atoms with E-state index in [1.165, 1.54) is 33.8 Å². The number of pyridine rings is 1. The van der Waals surface area contributed by atoms with Gasteiger partial charge in [0.05, 0.1) is 0 Å². The maximum absolute atomic E-state index is 14.2. The third kappa shape index (κ3) is 7.06. The van der Waals surface area contributed by atoms with Gasteiger partial charge in [0.25, 0.3) is 11.8 Å². The van der Waals surface area contributed by atoms with E-state index in [1.54, 1.807) is 18.5 Å². The van der Waals surface area contributed by atoms with E-state index in [-0.39, 0.29) is 22.2 Å². The summed E-state index contributed by atoms with van der Waals surface area (Å²) in [4.78, 5) is 68.5. The Kier molecular flexibility index (Phi) is 9.65. The number of hydrogen-bond acceptors (Lipinski definition) is 13. The molecule has 2 aromatic carbocycles. The molecular weight excluding hydrogens is 661 g/mol. The Bertz CT molecular complexity index is 1830. The first-order chi connectivity index (χ1) is 22.8. The molecule has 0 spiro atoms. The SMILES string of the molecule is CC(=O)O/N=C(\C(=O)N[C@@H]1C(=O)N2C(C(=O)OC(c3ccccc3)c3ccccc3)=C(Sc3cccnc3)CS[C@@H]12)c1csc(N)n1. The number of rotatable bonds is 10. The predicted molar refractivity (Wildman–Crippen MR) is 178 cm³/mol. The molecule has 0 bridgehead atoms. The van der Waals surface area contributed by atoms with Crippen molar-refractivity contribution in [1.29, 1.82) is 0 Å². The van der Waals surface area contributed by atoms with Crippen LogP contribution in [0.2, 0.25) is 0 Å². The van der Waals surface area contributed by atoms with Crippen LogP contribution in [0.25, 0.3) is 0 Å². The van der Waals surface area contributed by atoms with Gasteiger partial charge in [0.15, 0.2) is 16.9 Å². The molecule has 1 fully saturated rings. The number of nitrogens with two attached hydrogens (primary N) is 1. The summed E-state index contributed by atoms with van der Waals surface area (Å²) in [6, 6.07) is 21.3. The van der Waals surface area contributed by atoms with Gasteiger partial charge in [-0.1, -0.05) is 77.6 Å². The largest absolute Gasteiger partial charge is 0.448 e. The summed E-state index contributed by atoms with van der Waals surface area (Å²) >= 11 is 3.77. The third-order valence-corrected chi connectivity index (χ3v) is 10.2. The van der Waals surface area contributed by atoms with E-state index in [0.717, 1.165) is 34.3 Å². The number of carbonyl (C=O) groups is 4. The monoisotopic (exact) mass is 686 g/mol. The highest BCUT2D eigenvalue weighted by atomic mass is 32.2. The second kappa shape index (κ2) is 14.2. The summed E-state index contributed by atoms with van der Waals surface area (Å²) in [6.07, 6.45) is 2.58. The minimum absolute atomic E-state index is 0.0818. The van der Waals surface area contributed by atoms with Crippen LogP contribution >= 0.6 is 34.9 Å². The molecule has 2 aliphatic heterocycles. The smallest absolute Gasteiger partial charge is 0.356 e. The molecule has 2 aliphatic rings. The van der Waals surface area contributed by atoms with Crippen LogP contribution in [-0.2, 0) is 28.8 Å². The van der Waals surface area contributed by atoms with Gasteiger partial charge in [-0.15, -0.1) is 23.1 Å². The lowest BCUT2D eigenvalue weighted by Gasteiger charge is -2.49. The summed E-state index contributed by atoms with van der Waals surface area (Å²) in [5.74, 6) is -2.40. The maximum atomic E-state index is 14.2. The summed E-state index contributed by atoms with van der Waals surface area (Å²) < 4.78 is 6.20. The van der Waals surface area contributed by atoms with Crippen LogP contribution < -0.4 is 11.1 Å². The number of thiazole rings is 1. The molecule has 0 radical (unpaired) electrons. The molecule has 2 amide bonds. The van der Waals surface area contributed by atoms with Crippen molar-refractivity contribution in [3.63, 3.8) is 0 Å². The van der Waals surface area contributed by atoms with Crippen LogP contribution in [0.3, 0.4) is 0 Å². The first kappa shape index (κ1) is 32.0. The average molecular weight is 687 g/mol. The average Bonchev–Trinajstić information content (AvgIpc) is 3.52. The Hall–Kier alpha value is -4.99. The Labute approximate surface area is 281 Å². The highest BCUT2D eigenvalue weighted by Crippen LogP contribution is 2.46. The molecular formula is C32H26N6O6S3. The van der Waals surface area contributed by atoms with Crippen molar-refractivity contribution in [1.82, 2.24) is 20.2 Å². The first-order valence-electron chi connectivity index (χ1n) is 14.1. The Morgan fingerprint density at radius 1 is 1.06 bits per heavy atom. The fourth-order valence-corrected chi connectivity index (χ4v) is 7.88. The molecule has 2 atom stereocenters. The van der Waals surface area contributed by atoms with Gasteiger partial charge in [0.2, 0.25) is 0 Å². The lowest BCUT2D eigenvalue weighted by molar-refractivity contribution is -0.154. The molecule has 3 N–H and O–H groups in total. The molecule has 4 aromatic rings. The predicted octanol–water partition coefficient (Wildman–Crippen LogP) is 4.12. The van der Waals surface area contributed by atoms with Crippen molar-refractivity contribution >= 4 is 69.5 Å². The molecule has 0 unspecified atom stereocenters. The summed E-state index contributed by atoms with van der Waals surface area (Å²) in [5.41, 5.74) is 7.11. The normalized spacial score (nSPS) is 17.5. The van der Waals surface area contributed by atoms with Gasteiger partial charge in [0, 0.05) is 40.3 Å². The second-order valence-electron chi connectivity index (χ2n) is 10.1. The number of nitrogens with zero attached hydrogens (tertiary/aromatic N) is 4. The van der Waals surface area contributed by atoms with Crippen molar-refractivity contribution in [2.75, 3.05) is 11.5 Å². The lowest BCUT2D eigenvalue weighted by Crippen LogP contribution is -2.71. The number of hydrogen-bond donors (Lipinski definition) is 2. The first-order valence-corrected chi connectivity index (χ1v) is 16.9. The number of ether oxygens (including phenoxy) is 1. The van der Waals surface area contributed by atoms with Gasteiger partial charge in [-0.25, -0.2) is 14.6 Å². The third-order valence-electron chi connectivity index (χ3n) is 6.96. The highest BCUT2D eigenvalue weighted by molar-refractivity contribution is 8.06. The lowest BCUT2D eigenvalue weighted by atomic mass is 10.0. The van der Waals surface area contributed by atoms with Gasteiger partial charge in [-0.2, -0.15) is 0 Å². The highest BCUT2D eigenvalue weighted by Gasteiger charge is 2.55. The number of amides is 2. The van der Waals surface area contributed by atoms with Crippen molar-refractivity contribution in [2.24, 2.45) is 5.16 Å². The minimum atomic E-state index is -1.02. The number of oxime groups is 1. The van der Waals surface area contributed by atoms with Crippen LogP contribution in [0.1, 0.15) is 29.8 Å². The van der Waals surface area contributed by atoms with Gasteiger partial charge in [-0.05, 0) is 23.3 Å². The van der Waals surface area contributed by atoms with Crippen molar-refractivity contribution < 1.29 is 28.8 Å². The summed E-state index contributed by atoms with van der Waals surface area (Å²) in [6.45, 7) is 1.13. The van der Waals surface area contributed by atoms with E-state index < -0.39 is 41.3 Å². The van der Waals surface area contributed by atoms with Crippen molar-refractivity contribution in [3.05, 3.63) is 118 Å². The van der Waals surface area contributed by atoms with Gasteiger partial charge in [0.1, 0.15) is 22.8 Å². The molecule has 6 rings (SSSR count). The zero-order valence-electron chi connectivity index (χ0n) is 24.6. The maximum Gasteiger partial charge on any atom is 0.356 e. The van der Waals surface area contributed by atoms with E-state index in [4.69, 9.17) is 15.3 Å². The molecule has 47 heavy (non-hydrogen) atoms. The number of nitrogen functional groups attached to an aromatic ring is 1. The number of β-lactam (4-membered cyclic amide) rings is 1. The van der Waals surface area contributed by atoms with E-state index in [2.05, 4.69) is 20.4 Å². The summed E-state index contributed by atoms with van der Waals surface area (Å²) in [5, 5.41) is 7.36. The number of benzene rings is 2. The van der Waals surface area contributed by atoms with Crippen LogP contribution in [-0.4, -0.2) is 61.5 Å². The molecule has 2 aromatic heterocycles. The molecule has 0 aliphatic carbocycles. The van der Waals surface area contributed by atoms with Crippen LogP contribution in [0.15, 0.2) is 111 Å². The zero-order valence-corrected chi connectivity index (χ0v) is 27.1. The number of thioether (sulfide) groups is 2. The van der Waals surface area contributed by atoms with Gasteiger partial charge < -0.3 is 20.6 Å². The molecule has 1 saturated heterocycles. The van der Waals surface area contributed by atoms with E-state index >= 15 is 0 Å². The van der Waals surface area contributed by atoms with E-state index in [0.29, 0.717) is 10.7 Å². The quantitative estimate of drug-likeness (QED) is 0.0810.